The van der Waals surface area contributed by atoms with Crippen molar-refractivity contribution >= 4 is 34.8 Å². The summed E-state index contributed by atoms with van der Waals surface area (Å²) >= 11 is 0. The zero-order chi connectivity index (χ0) is 22.4. The fourth-order valence-electron chi connectivity index (χ4n) is 2.55. The van der Waals surface area contributed by atoms with Crippen molar-refractivity contribution in [3.63, 3.8) is 0 Å². The number of hydrogen-bond acceptors (Lipinski definition) is 7. The smallest absolute Gasteiger partial charge is 0.338 e. The van der Waals surface area contributed by atoms with Crippen molar-refractivity contribution in [3.05, 3.63) is 88.4 Å². The first-order valence-electron chi connectivity index (χ1n) is 9.05. The van der Waals surface area contributed by atoms with E-state index in [1.807, 2.05) is 0 Å². The standard InChI is InChI=1S/C21H17N3O7/c1-13(19(25)23-16-5-2-3-6-17(16)24(28)29)31-21(27)14-8-10-15(11-9-14)22-20(26)18-7-4-12-30-18/h2-13H,1H3,(H,22,26)(H,23,25). The van der Waals surface area contributed by atoms with E-state index >= 15 is 0 Å². The maximum Gasteiger partial charge on any atom is 0.338 e. The monoisotopic (exact) mass is 423 g/mol. The SMILES string of the molecule is CC(OC(=O)c1ccc(NC(=O)c2ccco2)cc1)C(=O)Nc1ccccc1[N+](=O)[O-]. The Hall–Kier alpha value is -4.47. The van der Waals surface area contributed by atoms with Gasteiger partial charge in [0.2, 0.25) is 0 Å². The number of hydrogen-bond donors (Lipinski definition) is 2. The number of furan rings is 1. The number of benzene rings is 2. The van der Waals surface area contributed by atoms with Crippen LogP contribution in [0.25, 0.3) is 0 Å². The highest BCUT2D eigenvalue weighted by molar-refractivity contribution is 6.02. The summed E-state index contributed by atoms with van der Waals surface area (Å²) in [5.74, 6) is -1.79. The van der Waals surface area contributed by atoms with Crippen LogP contribution in [0.1, 0.15) is 27.8 Å². The van der Waals surface area contributed by atoms with E-state index in [4.69, 9.17) is 9.15 Å². The van der Waals surface area contributed by atoms with Crippen molar-refractivity contribution in [2.75, 3.05) is 10.6 Å². The second kappa shape index (κ2) is 9.35. The van der Waals surface area contributed by atoms with Crippen molar-refractivity contribution in [1.29, 1.82) is 0 Å². The first-order valence-corrected chi connectivity index (χ1v) is 9.05. The molecule has 0 aliphatic heterocycles. The summed E-state index contributed by atoms with van der Waals surface area (Å²) in [5, 5.41) is 16.0. The van der Waals surface area contributed by atoms with Gasteiger partial charge in [-0.1, -0.05) is 12.1 Å². The first-order chi connectivity index (χ1) is 14.8. The van der Waals surface area contributed by atoms with Crippen LogP contribution in [0.4, 0.5) is 17.1 Å². The second-order valence-corrected chi connectivity index (χ2v) is 6.32. The molecule has 0 radical (unpaired) electrons. The molecule has 1 atom stereocenters. The Morgan fingerprint density at radius 3 is 2.35 bits per heavy atom. The van der Waals surface area contributed by atoms with E-state index < -0.39 is 28.8 Å². The third-order valence-corrected chi connectivity index (χ3v) is 4.14. The lowest BCUT2D eigenvalue weighted by atomic mass is 10.2. The number of rotatable bonds is 7. The predicted molar refractivity (Wildman–Crippen MR) is 110 cm³/mol. The van der Waals surface area contributed by atoms with E-state index in [1.54, 1.807) is 6.07 Å². The van der Waals surface area contributed by atoms with E-state index in [0.717, 1.165) is 0 Å². The molecule has 0 aliphatic carbocycles. The molecule has 3 aromatic rings. The molecule has 1 unspecified atom stereocenters. The summed E-state index contributed by atoms with van der Waals surface area (Å²) in [6.07, 6.45) is 0.173. The topological polar surface area (TPSA) is 141 Å². The highest BCUT2D eigenvalue weighted by Crippen LogP contribution is 2.23. The van der Waals surface area contributed by atoms with Gasteiger partial charge < -0.3 is 19.8 Å². The fraction of sp³-hybridized carbons (Fsp3) is 0.0952. The minimum absolute atomic E-state index is 0.00273. The minimum atomic E-state index is -1.20. The number of nitrogens with zero attached hydrogens (tertiary/aromatic N) is 1. The number of anilines is 2. The number of ether oxygens (including phenoxy) is 1. The van der Waals surface area contributed by atoms with Gasteiger partial charge in [-0.05, 0) is 49.4 Å². The molecule has 10 nitrogen and oxygen atoms in total. The number of esters is 1. The second-order valence-electron chi connectivity index (χ2n) is 6.32. The molecule has 31 heavy (non-hydrogen) atoms. The van der Waals surface area contributed by atoms with E-state index in [9.17, 15) is 24.5 Å². The van der Waals surface area contributed by atoms with E-state index in [-0.39, 0.29) is 22.7 Å². The summed E-state index contributed by atoms with van der Waals surface area (Å²) in [6.45, 7) is 1.35. The summed E-state index contributed by atoms with van der Waals surface area (Å²) in [5.41, 5.74) is 0.306. The summed E-state index contributed by atoms with van der Waals surface area (Å²) in [7, 11) is 0. The maximum absolute atomic E-state index is 12.3. The Kier molecular flexibility index (Phi) is 6.41. The van der Waals surface area contributed by atoms with Gasteiger partial charge in [0.05, 0.1) is 16.7 Å². The molecule has 0 spiro atoms. The average Bonchev–Trinajstić information content (AvgIpc) is 3.29. The molecule has 2 N–H and O–H groups in total. The van der Waals surface area contributed by atoms with Gasteiger partial charge in [-0.3, -0.25) is 19.7 Å². The molecule has 3 rings (SSSR count). The van der Waals surface area contributed by atoms with Crippen LogP contribution in [0, 0.1) is 10.1 Å². The number of nitro groups is 1. The van der Waals surface area contributed by atoms with Gasteiger partial charge in [0.25, 0.3) is 17.5 Å². The van der Waals surface area contributed by atoms with Gasteiger partial charge in [0.1, 0.15) is 5.69 Å². The first kappa shape index (κ1) is 21.2. The predicted octanol–water partition coefficient (Wildman–Crippen LogP) is 3.62. The zero-order valence-corrected chi connectivity index (χ0v) is 16.2. The van der Waals surface area contributed by atoms with Gasteiger partial charge in [-0.2, -0.15) is 0 Å². The quantitative estimate of drug-likeness (QED) is 0.336. The van der Waals surface area contributed by atoms with Crippen LogP contribution in [0.3, 0.4) is 0 Å². The van der Waals surface area contributed by atoms with Crippen molar-refractivity contribution in [3.8, 4) is 0 Å². The van der Waals surface area contributed by atoms with Gasteiger partial charge in [0, 0.05) is 11.8 Å². The Morgan fingerprint density at radius 1 is 1.00 bits per heavy atom. The molecule has 0 saturated carbocycles. The zero-order valence-electron chi connectivity index (χ0n) is 16.2. The molecule has 0 aliphatic rings. The third kappa shape index (κ3) is 5.32. The van der Waals surface area contributed by atoms with E-state index in [0.29, 0.717) is 5.69 Å². The molecule has 158 valence electrons. The van der Waals surface area contributed by atoms with Gasteiger partial charge in [-0.25, -0.2) is 4.79 Å². The van der Waals surface area contributed by atoms with Crippen molar-refractivity contribution in [1.82, 2.24) is 0 Å². The highest BCUT2D eigenvalue weighted by Gasteiger charge is 2.22. The number of amides is 2. The van der Waals surface area contributed by atoms with Gasteiger partial charge in [0.15, 0.2) is 11.9 Å². The molecule has 0 fully saturated rings. The Labute approximate surface area is 176 Å². The molecule has 2 aromatic carbocycles. The third-order valence-electron chi connectivity index (χ3n) is 4.14. The van der Waals surface area contributed by atoms with Crippen LogP contribution in [-0.4, -0.2) is 28.8 Å². The normalized spacial score (nSPS) is 11.3. The van der Waals surface area contributed by atoms with E-state index in [2.05, 4.69) is 10.6 Å². The molecule has 1 heterocycles. The lowest BCUT2D eigenvalue weighted by Gasteiger charge is -2.14. The van der Waals surface area contributed by atoms with Crippen LogP contribution in [0.2, 0.25) is 0 Å². The summed E-state index contributed by atoms with van der Waals surface area (Å²) < 4.78 is 10.1. The van der Waals surface area contributed by atoms with Crippen molar-refractivity contribution in [2.24, 2.45) is 0 Å². The number of para-hydroxylation sites is 2. The summed E-state index contributed by atoms with van der Waals surface area (Å²) in [4.78, 5) is 46.9. The molecule has 0 bridgehead atoms. The molecule has 1 aromatic heterocycles. The maximum atomic E-state index is 12.3. The highest BCUT2D eigenvalue weighted by atomic mass is 16.6. The van der Waals surface area contributed by atoms with Gasteiger partial charge >= 0.3 is 5.97 Å². The van der Waals surface area contributed by atoms with Crippen molar-refractivity contribution < 1.29 is 28.5 Å². The van der Waals surface area contributed by atoms with Crippen LogP contribution < -0.4 is 10.6 Å². The number of nitrogens with one attached hydrogen (secondary N) is 2. The lowest BCUT2D eigenvalue weighted by molar-refractivity contribution is -0.383. The van der Waals surface area contributed by atoms with Crippen molar-refractivity contribution in [2.45, 2.75) is 13.0 Å². The minimum Gasteiger partial charge on any atom is -0.459 e. The number of carbonyl (C=O) groups is 3. The van der Waals surface area contributed by atoms with Crippen LogP contribution in [0.15, 0.2) is 71.3 Å². The number of carbonyl (C=O) groups excluding carboxylic acids is 3. The van der Waals surface area contributed by atoms with Crippen LogP contribution >= 0.6 is 0 Å². The van der Waals surface area contributed by atoms with Crippen LogP contribution in [0.5, 0.6) is 0 Å². The largest absolute Gasteiger partial charge is 0.459 e. The van der Waals surface area contributed by atoms with E-state index in [1.165, 1.54) is 67.8 Å². The fourth-order valence-corrected chi connectivity index (χ4v) is 2.55. The van der Waals surface area contributed by atoms with Crippen LogP contribution in [-0.2, 0) is 9.53 Å². The molecular formula is C21H17N3O7. The Bertz CT molecular complexity index is 1110. The molecular weight excluding hydrogens is 406 g/mol. The Balaban J connectivity index is 1.58. The molecule has 10 heteroatoms. The van der Waals surface area contributed by atoms with Gasteiger partial charge in [-0.15, -0.1) is 0 Å². The molecule has 0 saturated heterocycles. The lowest BCUT2D eigenvalue weighted by Crippen LogP contribution is -2.30. The average molecular weight is 423 g/mol. The molecule has 2 amide bonds. The summed E-state index contributed by atoms with van der Waals surface area (Å²) in [6, 6.07) is 14.6. The Morgan fingerprint density at radius 2 is 1.71 bits per heavy atom. The number of nitro benzene ring substituents is 1.